The maximum atomic E-state index is 12.3. The van der Waals surface area contributed by atoms with Crippen LogP contribution in [0.1, 0.15) is 17.8 Å². The van der Waals surface area contributed by atoms with E-state index < -0.39 is 6.55 Å². The van der Waals surface area contributed by atoms with E-state index in [1.165, 1.54) is 11.8 Å². The molecule has 0 atom stereocenters. The maximum absolute atomic E-state index is 12.3. The predicted molar refractivity (Wildman–Crippen MR) is 72.6 cm³/mol. The summed E-state index contributed by atoms with van der Waals surface area (Å²) in [5.41, 5.74) is 1.88. The standard InChI is InChI=1S/C13H15F2N3.ClH/c14-13(15)18-9-7-12(17-18)10-16-8-6-11-4-2-1-3-5-11;/h1-5,7,9,13,16H,6,8,10H2;1H. The van der Waals surface area contributed by atoms with E-state index in [0.717, 1.165) is 13.0 Å². The Labute approximate surface area is 117 Å². The molecule has 2 aromatic rings. The lowest BCUT2D eigenvalue weighted by Crippen LogP contribution is -2.17. The fourth-order valence-corrected chi connectivity index (χ4v) is 1.67. The van der Waals surface area contributed by atoms with Crippen molar-refractivity contribution in [3.63, 3.8) is 0 Å². The number of rotatable bonds is 6. The molecular weight excluding hydrogens is 272 g/mol. The van der Waals surface area contributed by atoms with Crippen molar-refractivity contribution in [3.8, 4) is 0 Å². The molecule has 1 aromatic heterocycles. The number of benzene rings is 1. The van der Waals surface area contributed by atoms with E-state index in [4.69, 9.17) is 0 Å². The van der Waals surface area contributed by atoms with Gasteiger partial charge in [-0.3, -0.25) is 0 Å². The lowest BCUT2D eigenvalue weighted by Gasteiger charge is -2.03. The van der Waals surface area contributed by atoms with Crippen LogP contribution in [0, 0.1) is 0 Å². The molecule has 0 radical (unpaired) electrons. The summed E-state index contributed by atoms with van der Waals surface area (Å²) in [6, 6.07) is 11.7. The van der Waals surface area contributed by atoms with Crippen molar-refractivity contribution in [2.45, 2.75) is 19.5 Å². The van der Waals surface area contributed by atoms with Crippen LogP contribution in [0.15, 0.2) is 42.6 Å². The van der Waals surface area contributed by atoms with Crippen molar-refractivity contribution in [1.82, 2.24) is 15.1 Å². The summed E-state index contributed by atoms with van der Waals surface area (Å²) >= 11 is 0. The van der Waals surface area contributed by atoms with E-state index >= 15 is 0 Å². The summed E-state index contributed by atoms with van der Waals surface area (Å²) in [4.78, 5) is 0. The normalized spacial score (nSPS) is 10.5. The van der Waals surface area contributed by atoms with Crippen molar-refractivity contribution in [3.05, 3.63) is 53.9 Å². The molecule has 1 N–H and O–H groups in total. The van der Waals surface area contributed by atoms with Gasteiger partial charge in [0.05, 0.1) is 5.69 Å². The minimum absolute atomic E-state index is 0. The minimum Gasteiger partial charge on any atom is -0.311 e. The third kappa shape index (κ3) is 4.96. The first-order valence-corrected chi connectivity index (χ1v) is 5.82. The molecule has 0 saturated carbocycles. The first kappa shape index (κ1) is 15.6. The molecule has 0 saturated heterocycles. The van der Waals surface area contributed by atoms with Crippen LogP contribution < -0.4 is 5.32 Å². The Morgan fingerprint density at radius 1 is 1.16 bits per heavy atom. The van der Waals surface area contributed by atoms with Crippen LogP contribution in [-0.4, -0.2) is 16.3 Å². The lowest BCUT2D eigenvalue weighted by molar-refractivity contribution is 0.0561. The van der Waals surface area contributed by atoms with Gasteiger partial charge in [-0.25, -0.2) is 4.68 Å². The van der Waals surface area contributed by atoms with Gasteiger partial charge < -0.3 is 5.32 Å². The van der Waals surface area contributed by atoms with Crippen molar-refractivity contribution in [2.75, 3.05) is 6.54 Å². The van der Waals surface area contributed by atoms with Crippen LogP contribution in [0.25, 0.3) is 0 Å². The van der Waals surface area contributed by atoms with Crippen LogP contribution in [0.2, 0.25) is 0 Å². The van der Waals surface area contributed by atoms with Crippen molar-refractivity contribution in [2.24, 2.45) is 0 Å². The summed E-state index contributed by atoms with van der Waals surface area (Å²) in [6.07, 6.45) is 2.20. The van der Waals surface area contributed by atoms with Crippen LogP contribution >= 0.6 is 12.4 Å². The van der Waals surface area contributed by atoms with Gasteiger partial charge in [-0.15, -0.1) is 12.4 Å². The molecular formula is C13H16ClF2N3. The Morgan fingerprint density at radius 3 is 2.53 bits per heavy atom. The van der Waals surface area contributed by atoms with E-state index in [0.29, 0.717) is 16.9 Å². The molecule has 0 spiro atoms. The summed E-state index contributed by atoms with van der Waals surface area (Å²) in [5, 5.41) is 6.94. The second-order valence-corrected chi connectivity index (χ2v) is 3.98. The third-order valence-electron chi connectivity index (χ3n) is 2.60. The summed E-state index contributed by atoms with van der Waals surface area (Å²) < 4.78 is 25.2. The number of hydrogen-bond donors (Lipinski definition) is 1. The average molecular weight is 288 g/mol. The van der Waals surface area contributed by atoms with Gasteiger partial charge in [-0.05, 0) is 24.6 Å². The zero-order valence-electron chi connectivity index (χ0n) is 10.3. The minimum atomic E-state index is -2.57. The molecule has 0 fully saturated rings. The third-order valence-corrected chi connectivity index (χ3v) is 2.60. The van der Waals surface area contributed by atoms with Gasteiger partial charge in [0.1, 0.15) is 0 Å². The van der Waals surface area contributed by atoms with Gasteiger partial charge in [0.25, 0.3) is 0 Å². The van der Waals surface area contributed by atoms with Gasteiger partial charge in [0.2, 0.25) is 0 Å². The monoisotopic (exact) mass is 287 g/mol. The Hall–Kier alpha value is -1.46. The number of nitrogens with zero attached hydrogens (tertiary/aromatic N) is 2. The molecule has 0 amide bonds. The number of hydrogen-bond acceptors (Lipinski definition) is 2. The highest BCUT2D eigenvalue weighted by molar-refractivity contribution is 5.85. The Kier molecular flexibility index (Phi) is 6.45. The van der Waals surface area contributed by atoms with E-state index in [9.17, 15) is 8.78 Å². The number of nitrogens with one attached hydrogen (secondary N) is 1. The first-order valence-electron chi connectivity index (χ1n) is 5.82. The summed E-state index contributed by atoms with van der Waals surface area (Å²) in [6.45, 7) is -1.26. The van der Waals surface area contributed by atoms with E-state index in [1.807, 2.05) is 18.2 Å². The highest BCUT2D eigenvalue weighted by Gasteiger charge is 2.06. The van der Waals surface area contributed by atoms with E-state index in [1.54, 1.807) is 6.07 Å². The fraction of sp³-hybridized carbons (Fsp3) is 0.308. The number of halogens is 3. The molecule has 104 valence electrons. The molecule has 3 nitrogen and oxygen atoms in total. The van der Waals surface area contributed by atoms with Crippen molar-refractivity contribution >= 4 is 12.4 Å². The quantitative estimate of drug-likeness (QED) is 0.828. The van der Waals surface area contributed by atoms with Crippen LogP contribution in [0.3, 0.4) is 0 Å². The smallest absolute Gasteiger partial charge is 0.311 e. The van der Waals surface area contributed by atoms with Gasteiger partial charge in [-0.1, -0.05) is 30.3 Å². The molecule has 0 aliphatic rings. The lowest BCUT2D eigenvalue weighted by atomic mass is 10.1. The molecule has 0 bridgehead atoms. The molecule has 2 rings (SSSR count). The topological polar surface area (TPSA) is 29.9 Å². The second-order valence-electron chi connectivity index (χ2n) is 3.98. The Balaban J connectivity index is 0.00000180. The molecule has 6 heteroatoms. The molecule has 1 heterocycles. The van der Waals surface area contributed by atoms with Crippen LogP contribution in [-0.2, 0) is 13.0 Å². The van der Waals surface area contributed by atoms with Gasteiger partial charge in [0, 0.05) is 12.7 Å². The summed E-state index contributed by atoms with van der Waals surface area (Å²) in [7, 11) is 0. The average Bonchev–Trinajstić information content (AvgIpc) is 2.85. The van der Waals surface area contributed by atoms with Crippen molar-refractivity contribution in [1.29, 1.82) is 0 Å². The first-order chi connectivity index (χ1) is 8.75. The van der Waals surface area contributed by atoms with Gasteiger partial charge >= 0.3 is 6.55 Å². The zero-order chi connectivity index (χ0) is 12.8. The summed E-state index contributed by atoms with van der Waals surface area (Å²) in [5.74, 6) is 0. The fourth-order valence-electron chi connectivity index (χ4n) is 1.67. The van der Waals surface area contributed by atoms with Crippen molar-refractivity contribution < 1.29 is 8.78 Å². The molecule has 0 aliphatic heterocycles. The van der Waals surface area contributed by atoms with E-state index in [-0.39, 0.29) is 12.4 Å². The number of aromatic nitrogens is 2. The van der Waals surface area contributed by atoms with E-state index in [2.05, 4.69) is 22.5 Å². The highest BCUT2D eigenvalue weighted by atomic mass is 35.5. The zero-order valence-corrected chi connectivity index (χ0v) is 11.1. The molecule has 1 aromatic carbocycles. The van der Waals surface area contributed by atoms with Crippen LogP contribution in [0.5, 0.6) is 0 Å². The maximum Gasteiger partial charge on any atom is 0.333 e. The largest absolute Gasteiger partial charge is 0.333 e. The predicted octanol–water partition coefficient (Wildman–Crippen LogP) is 3.03. The van der Waals surface area contributed by atoms with Crippen LogP contribution in [0.4, 0.5) is 8.78 Å². The number of alkyl halides is 2. The highest BCUT2D eigenvalue weighted by Crippen LogP contribution is 2.08. The van der Waals surface area contributed by atoms with Gasteiger partial charge in [0.15, 0.2) is 0 Å². The molecule has 0 aliphatic carbocycles. The van der Waals surface area contributed by atoms with Gasteiger partial charge in [-0.2, -0.15) is 13.9 Å². The molecule has 19 heavy (non-hydrogen) atoms. The molecule has 0 unspecified atom stereocenters. The second kappa shape index (κ2) is 7.86. The Bertz CT molecular complexity index is 474. The SMILES string of the molecule is Cl.FC(F)n1ccc(CNCCc2ccccc2)n1. The Morgan fingerprint density at radius 2 is 1.89 bits per heavy atom.